The predicted octanol–water partition coefficient (Wildman–Crippen LogP) is 5.03. The van der Waals surface area contributed by atoms with E-state index in [0.717, 1.165) is 39.9 Å². The van der Waals surface area contributed by atoms with E-state index in [4.69, 9.17) is 15.9 Å². The molecule has 0 saturated heterocycles. The van der Waals surface area contributed by atoms with E-state index in [2.05, 4.69) is 32.9 Å². The van der Waals surface area contributed by atoms with Crippen LogP contribution in [-0.4, -0.2) is 19.9 Å². The lowest BCUT2D eigenvalue weighted by molar-refractivity contribution is 0.329. The zero-order valence-electron chi connectivity index (χ0n) is 14.3. The van der Waals surface area contributed by atoms with Gasteiger partial charge in [-0.2, -0.15) is 5.26 Å². The summed E-state index contributed by atoms with van der Waals surface area (Å²) in [5, 5.41) is 10.3. The second-order valence-corrected chi connectivity index (χ2v) is 7.73. The maximum Gasteiger partial charge on any atom is 0.176 e. The molecule has 0 unspecified atom stereocenters. The number of terminal acetylenes is 1. The Morgan fingerprint density at radius 3 is 2.92 bits per heavy atom. The minimum absolute atomic E-state index is 0.161. The fourth-order valence-electron chi connectivity index (χ4n) is 2.96. The first-order chi connectivity index (χ1) is 12.7. The number of aliphatic imine (C=N–C) groups is 1. The Labute approximate surface area is 165 Å². The number of hydrogen-bond acceptors (Lipinski definition) is 5. The summed E-state index contributed by atoms with van der Waals surface area (Å²) >= 11 is 5.11. The van der Waals surface area contributed by atoms with Crippen LogP contribution in [0.3, 0.4) is 0 Å². The lowest BCUT2D eigenvalue weighted by Gasteiger charge is -2.11. The average Bonchev–Trinajstić information content (AvgIpc) is 3.02. The summed E-state index contributed by atoms with van der Waals surface area (Å²) in [6, 6.07) is 6.05. The number of benzene rings is 1. The van der Waals surface area contributed by atoms with Crippen molar-refractivity contribution >= 4 is 38.5 Å². The highest BCUT2D eigenvalue weighted by Crippen LogP contribution is 2.40. The molecule has 1 aromatic carbocycles. The van der Waals surface area contributed by atoms with Crippen molar-refractivity contribution in [1.29, 1.82) is 5.26 Å². The van der Waals surface area contributed by atoms with Crippen LogP contribution in [0.4, 0.5) is 5.00 Å². The summed E-state index contributed by atoms with van der Waals surface area (Å²) in [5.41, 5.74) is 2.76. The third-order valence-electron chi connectivity index (χ3n) is 4.15. The van der Waals surface area contributed by atoms with Gasteiger partial charge in [-0.25, -0.2) is 4.99 Å². The molecular weight excluding hydrogens is 412 g/mol. The third kappa shape index (κ3) is 3.77. The molecule has 1 heterocycles. The highest BCUT2D eigenvalue weighted by molar-refractivity contribution is 9.10. The van der Waals surface area contributed by atoms with Crippen molar-refractivity contribution in [2.75, 3.05) is 13.7 Å². The fraction of sp³-hybridized carbons (Fsp3) is 0.300. The summed E-state index contributed by atoms with van der Waals surface area (Å²) in [5.74, 6) is 3.57. The molecule has 0 radical (unpaired) electrons. The number of ether oxygens (including phenoxy) is 2. The van der Waals surface area contributed by atoms with Gasteiger partial charge in [-0.1, -0.05) is 5.92 Å². The van der Waals surface area contributed by atoms with Crippen molar-refractivity contribution in [1.82, 2.24) is 0 Å². The summed E-state index contributed by atoms with van der Waals surface area (Å²) in [6.07, 6.45) is 11.4. The van der Waals surface area contributed by atoms with Crippen molar-refractivity contribution in [2.24, 2.45) is 4.99 Å². The van der Waals surface area contributed by atoms with Crippen LogP contribution >= 0.6 is 27.3 Å². The number of nitriles is 1. The van der Waals surface area contributed by atoms with Gasteiger partial charge in [-0.15, -0.1) is 17.8 Å². The summed E-state index contributed by atoms with van der Waals surface area (Å²) in [7, 11) is 1.58. The Morgan fingerprint density at radius 2 is 2.19 bits per heavy atom. The number of methoxy groups -OCH3 is 1. The Hall–Kier alpha value is -2.28. The van der Waals surface area contributed by atoms with Gasteiger partial charge in [0.15, 0.2) is 11.5 Å². The van der Waals surface area contributed by atoms with Crippen LogP contribution in [0.5, 0.6) is 11.5 Å². The summed E-state index contributed by atoms with van der Waals surface area (Å²) < 4.78 is 11.7. The molecular formula is C20H17BrN2O2S. The van der Waals surface area contributed by atoms with Crippen molar-refractivity contribution in [3.05, 3.63) is 38.2 Å². The molecule has 0 amide bonds. The SMILES string of the molecule is C#CCOc1c(Br)cc(C=Nc2sc3c(c2C#N)CCCC3)cc1OC. The maximum absolute atomic E-state index is 9.53. The van der Waals surface area contributed by atoms with Crippen LogP contribution in [0.1, 0.15) is 34.4 Å². The fourth-order valence-corrected chi connectivity index (χ4v) is 4.72. The normalized spacial score (nSPS) is 13.1. The molecule has 2 aromatic rings. The molecule has 1 aromatic heterocycles. The van der Waals surface area contributed by atoms with Crippen LogP contribution in [0.2, 0.25) is 0 Å². The Bertz CT molecular complexity index is 935. The van der Waals surface area contributed by atoms with Crippen molar-refractivity contribution < 1.29 is 9.47 Å². The number of nitrogens with zero attached hydrogens (tertiary/aromatic N) is 2. The molecule has 0 spiro atoms. The number of thiophene rings is 1. The highest BCUT2D eigenvalue weighted by atomic mass is 79.9. The first kappa shape index (κ1) is 18.5. The maximum atomic E-state index is 9.53. The lowest BCUT2D eigenvalue weighted by Crippen LogP contribution is -1.99. The van der Waals surface area contributed by atoms with E-state index in [1.807, 2.05) is 12.1 Å². The standard InChI is InChI=1S/C20H17BrN2O2S/c1-3-8-25-19-16(21)9-13(10-17(19)24-2)12-23-20-15(11-22)14-6-4-5-7-18(14)26-20/h1,9-10,12H,4-8H2,2H3. The van der Waals surface area contributed by atoms with Gasteiger partial charge in [0.25, 0.3) is 0 Å². The number of rotatable bonds is 5. The minimum Gasteiger partial charge on any atom is -0.493 e. The van der Waals surface area contributed by atoms with E-state index in [-0.39, 0.29) is 6.61 Å². The molecule has 0 atom stereocenters. The zero-order chi connectivity index (χ0) is 18.5. The second-order valence-electron chi connectivity index (χ2n) is 5.79. The van der Waals surface area contributed by atoms with Gasteiger partial charge in [-0.3, -0.25) is 0 Å². The largest absolute Gasteiger partial charge is 0.493 e. The molecule has 0 aliphatic heterocycles. The lowest BCUT2D eigenvalue weighted by atomic mass is 9.96. The third-order valence-corrected chi connectivity index (χ3v) is 5.94. The van der Waals surface area contributed by atoms with Crippen molar-refractivity contribution in [3.63, 3.8) is 0 Å². The number of hydrogen-bond donors (Lipinski definition) is 0. The predicted molar refractivity (Wildman–Crippen MR) is 108 cm³/mol. The van der Waals surface area contributed by atoms with Crippen molar-refractivity contribution in [3.8, 4) is 29.9 Å². The molecule has 1 aliphatic rings. The number of fused-ring (bicyclic) bond motifs is 1. The molecule has 1 aliphatic carbocycles. The first-order valence-electron chi connectivity index (χ1n) is 8.20. The molecule has 132 valence electrons. The second kappa shape index (κ2) is 8.40. The molecule has 0 bridgehead atoms. The molecule has 3 rings (SSSR count). The van der Waals surface area contributed by atoms with Gasteiger partial charge in [0.05, 0.1) is 17.1 Å². The van der Waals surface area contributed by atoms with E-state index >= 15 is 0 Å². The first-order valence-corrected chi connectivity index (χ1v) is 9.81. The number of halogens is 1. The zero-order valence-corrected chi connectivity index (χ0v) is 16.7. The van der Waals surface area contributed by atoms with E-state index in [1.54, 1.807) is 24.7 Å². The van der Waals surface area contributed by atoms with E-state index in [9.17, 15) is 5.26 Å². The molecule has 0 N–H and O–H groups in total. The van der Waals surface area contributed by atoms with Crippen LogP contribution in [0.25, 0.3) is 0 Å². The molecule has 26 heavy (non-hydrogen) atoms. The monoisotopic (exact) mass is 428 g/mol. The quantitative estimate of drug-likeness (QED) is 0.495. The minimum atomic E-state index is 0.161. The van der Waals surface area contributed by atoms with E-state index in [0.29, 0.717) is 11.5 Å². The van der Waals surface area contributed by atoms with Crippen LogP contribution in [0, 0.1) is 23.7 Å². The average molecular weight is 429 g/mol. The smallest absolute Gasteiger partial charge is 0.176 e. The summed E-state index contributed by atoms with van der Waals surface area (Å²) in [6.45, 7) is 0.161. The van der Waals surface area contributed by atoms with Crippen LogP contribution in [0.15, 0.2) is 21.6 Å². The Morgan fingerprint density at radius 1 is 1.38 bits per heavy atom. The van der Waals surface area contributed by atoms with Crippen molar-refractivity contribution in [2.45, 2.75) is 25.7 Å². The van der Waals surface area contributed by atoms with Gasteiger partial charge < -0.3 is 9.47 Å². The Kier molecular flexibility index (Phi) is 5.98. The van der Waals surface area contributed by atoms with Crippen LogP contribution < -0.4 is 9.47 Å². The van der Waals surface area contributed by atoms with Crippen LogP contribution in [-0.2, 0) is 12.8 Å². The van der Waals surface area contributed by atoms with Gasteiger partial charge in [-0.05, 0) is 64.9 Å². The molecule has 0 fully saturated rings. The molecule has 6 heteroatoms. The molecule has 4 nitrogen and oxygen atoms in total. The van der Waals surface area contributed by atoms with Gasteiger partial charge in [0.1, 0.15) is 17.7 Å². The highest BCUT2D eigenvalue weighted by Gasteiger charge is 2.20. The Balaban J connectivity index is 1.92. The van der Waals surface area contributed by atoms with Gasteiger partial charge in [0, 0.05) is 11.1 Å². The van der Waals surface area contributed by atoms with Gasteiger partial charge >= 0.3 is 0 Å². The number of aryl methyl sites for hydroxylation is 1. The topological polar surface area (TPSA) is 54.6 Å². The van der Waals surface area contributed by atoms with Gasteiger partial charge in [0.2, 0.25) is 0 Å². The van der Waals surface area contributed by atoms with E-state index < -0.39 is 0 Å². The van der Waals surface area contributed by atoms with E-state index in [1.165, 1.54) is 16.9 Å². The summed E-state index contributed by atoms with van der Waals surface area (Å²) in [4.78, 5) is 5.88. The molecule has 0 saturated carbocycles.